The standard InChI is InChI=1S/C5H10O2S.Zn/c1-3-6-5(8)7-4-2;/h3-4H2,1-2H3;. The molecule has 0 aromatic carbocycles. The van der Waals surface area contributed by atoms with Crippen LogP contribution in [0.15, 0.2) is 0 Å². The summed E-state index contributed by atoms with van der Waals surface area (Å²) in [6.07, 6.45) is 0. The van der Waals surface area contributed by atoms with Gasteiger partial charge in [-0.25, -0.2) is 0 Å². The van der Waals surface area contributed by atoms with Crippen molar-refractivity contribution < 1.29 is 29.0 Å². The number of hydrogen-bond donors (Lipinski definition) is 0. The van der Waals surface area contributed by atoms with Crippen LogP contribution in [0.4, 0.5) is 0 Å². The second-order valence-electron chi connectivity index (χ2n) is 1.12. The molecule has 0 fully saturated rings. The van der Waals surface area contributed by atoms with E-state index in [0.29, 0.717) is 13.2 Å². The SMILES string of the molecule is CCOC(=S)OCC.[Zn]. The number of thiocarbonyl (C=S) groups is 1. The largest absolute Gasteiger partial charge is 0.457 e. The predicted octanol–water partition coefficient (Wildman–Crippen LogP) is 1.34. The molecule has 0 amide bonds. The monoisotopic (exact) mass is 198 g/mol. The predicted molar refractivity (Wildman–Crippen MR) is 35.9 cm³/mol. The van der Waals surface area contributed by atoms with Gasteiger partial charge in [-0.3, -0.25) is 0 Å². The van der Waals surface area contributed by atoms with Crippen LogP contribution < -0.4 is 0 Å². The van der Waals surface area contributed by atoms with E-state index in [1.165, 1.54) is 0 Å². The van der Waals surface area contributed by atoms with Crippen molar-refractivity contribution in [3.8, 4) is 0 Å². The molecule has 0 aromatic heterocycles. The molecule has 0 spiro atoms. The van der Waals surface area contributed by atoms with Crippen LogP contribution in [0.2, 0.25) is 0 Å². The second kappa shape index (κ2) is 8.31. The van der Waals surface area contributed by atoms with Gasteiger partial charge in [-0.1, -0.05) is 0 Å². The van der Waals surface area contributed by atoms with Crippen LogP contribution in [-0.2, 0) is 29.0 Å². The van der Waals surface area contributed by atoms with Crippen LogP contribution in [-0.4, -0.2) is 18.5 Å². The van der Waals surface area contributed by atoms with Crippen LogP contribution in [0, 0.1) is 0 Å². The normalized spacial score (nSPS) is 7.33. The van der Waals surface area contributed by atoms with E-state index in [0.717, 1.165) is 0 Å². The van der Waals surface area contributed by atoms with Crippen molar-refractivity contribution in [2.45, 2.75) is 13.8 Å². The molecular formula is C5H10O2SZn. The Bertz CT molecular complexity index is 69.4. The maximum atomic E-state index is 4.79. The van der Waals surface area contributed by atoms with Crippen molar-refractivity contribution in [2.24, 2.45) is 0 Å². The van der Waals surface area contributed by atoms with Crippen LogP contribution in [0.3, 0.4) is 0 Å². The Hall–Kier alpha value is 0.313. The molecule has 0 atom stereocenters. The summed E-state index contributed by atoms with van der Waals surface area (Å²) in [5.74, 6) is 0. The van der Waals surface area contributed by atoms with Gasteiger partial charge in [0.05, 0.1) is 13.2 Å². The summed E-state index contributed by atoms with van der Waals surface area (Å²) >= 11 is 4.61. The van der Waals surface area contributed by atoms with Crippen molar-refractivity contribution in [3.05, 3.63) is 0 Å². The zero-order valence-corrected chi connectivity index (χ0v) is 9.63. The maximum Gasteiger partial charge on any atom is 0.352 e. The van der Waals surface area contributed by atoms with Gasteiger partial charge in [-0.15, -0.1) is 0 Å². The van der Waals surface area contributed by atoms with Gasteiger partial charge in [0.15, 0.2) is 0 Å². The number of ether oxygens (including phenoxy) is 2. The van der Waals surface area contributed by atoms with Crippen LogP contribution in [0.1, 0.15) is 13.8 Å². The number of hydrogen-bond acceptors (Lipinski definition) is 3. The zero-order valence-electron chi connectivity index (χ0n) is 5.85. The smallest absolute Gasteiger partial charge is 0.352 e. The molecular weight excluding hydrogens is 190 g/mol. The molecule has 0 saturated carbocycles. The van der Waals surface area contributed by atoms with Crippen LogP contribution in [0.25, 0.3) is 0 Å². The molecule has 0 aromatic rings. The first-order valence-corrected chi connectivity index (χ1v) is 3.01. The average Bonchev–Trinajstić information content (AvgIpc) is 1.68. The van der Waals surface area contributed by atoms with E-state index in [1.54, 1.807) is 0 Å². The van der Waals surface area contributed by atoms with Gasteiger partial charge >= 0.3 is 5.24 Å². The zero-order chi connectivity index (χ0) is 6.41. The first-order chi connectivity index (χ1) is 3.81. The van der Waals surface area contributed by atoms with E-state index in [-0.39, 0.29) is 24.7 Å². The molecule has 4 heteroatoms. The average molecular weight is 200 g/mol. The van der Waals surface area contributed by atoms with Gasteiger partial charge in [0.25, 0.3) is 0 Å². The molecule has 0 aliphatic rings. The molecule has 50 valence electrons. The summed E-state index contributed by atoms with van der Waals surface area (Å²) < 4.78 is 9.58. The van der Waals surface area contributed by atoms with E-state index in [4.69, 9.17) is 9.47 Å². The third-order valence-electron chi connectivity index (χ3n) is 0.524. The van der Waals surface area contributed by atoms with Crippen molar-refractivity contribution >= 4 is 17.5 Å². The first-order valence-electron chi connectivity index (χ1n) is 2.60. The molecule has 0 heterocycles. The first kappa shape index (κ1) is 12.0. The van der Waals surface area contributed by atoms with Crippen LogP contribution >= 0.6 is 12.2 Å². The molecule has 0 rings (SSSR count). The summed E-state index contributed by atoms with van der Waals surface area (Å²) in [4.78, 5) is 0. The van der Waals surface area contributed by atoms with E-state index >= 15 is 0 Å². The molecule has 0 radical (unpaired) electrons. The van der Waals surface area contributed by atoms with Crippen molar-refractivity contribution in [2.75, 3.05) is 13.2 Å². The molecule has 0 bridgehead atoms. The Morgan fingerprint density at radius 1 is 1.22 bits per heavy atom. The molecule has 0 saturated heterocycles. The topological polar surface area (TPSA) is 18.5 Å². The second-order valence-corrected chi connectivity index (χ2v) is 1.45. The van der Waals surface area contributed by atoms with Gasteiger partial charge in [-0.2, -0.15) is 0 Å². The van der Waals surface area contributed by atoms with Crippen molar-refractivity contribution in [1.29, 1.82) is 0 Å². The molecule has 9 heavy (non-hydrogen) atoms. The fraction of sp³-hybridized carbons (Fsp3) is 0.800. The molecule has 0 N–H and O–H groups in total. The third kappa shape index (κ3) is 8.31. The molecule has 2 nitrogen and oxygen atoms in total. The van der Waals surface area contributed by atoms with E-state index in [1.807, 2.05) is 13.8 Å². The summed E-state index contributed by atoms with van der Waals surface area (Å²) in [6, 6.07) is 0. The van der Waals surface area contributed by atoms with Crippen molar-refractivity contribution in [3.63, 3.8) is 0 Å². The van der Waals surface area contributed by atoms with Gasteiger partial charge in [0.1, 0.15) is 0 Å². The third-order valence-corrected chi connectivity index (χ3v) is 0.760. The molecule has 0 aliphatic carbocycles. The van der Waals surface area contributed by atoms with Crippen molar-refractivity contribution in [1.82, 2.24) is 0 Å². The van der Waals surface area contributed by atoms with E-state index in [2.05, 4.69) is 12.2 Å². The Balaban J connectivity index is 0. The quantitative estimate of drug-likeness (QED) is 0.494. The number of rotatable bonds is 2. The summed E-state index contributed by atoms with van der Waals surface area (Å²) in [7, 11) is 0. The van der Waals surface area contributed by atoms with Gasteiger partial charge in [-0.05, 0) is 13.8 Å². The maximum absolute atomic E-state index is 4.79. The van der Waals surface area contributed by atoms with E-state index in [9.17, 15) is 0 Å². The van der Waals surface area contributed by atoms with Gasteiger partial charge in [0, 0.05) is 31.7 Å². The van der Waals surface area contributed by atoms with Crippen LogP contribution in [0.5, 0.6) is 0 Å². The minimum absolute atomic E-state index is 0. The van der Waals surface area contributed by atoms with Gasteiger partial charge in [0.2, 0.25) is 0 Å². The molecule has 0 unspecified atom stereocenters. The Labute approximate surface area is 73.7 Å². The summed E-state index contributed by atoms with van der Waals surface area (Å²) in [6.45, 7) is 4.90. The Kier molecular flexibility index (Phi) is 11.1. The minimum atomic E-state index is 0. The fourth-order valence-corrected chi connectivity index (χ4v) is 0.513. The van der Waals surface area contributed by atoms with Gasteiger partial charge < -0.3 is 9.47 Å². The minimum Gasteiger partial charge on any atom is -0.457 e. The molecule has 0 aliphatic heterocycles. The Morgan fingerprint density at radius 2 is 1.56 bits per heavy atom. The Morgan fingerprint density at radius 3 is 1.78 bits per heavy atom. The summed E-state index contributed by atoms with van der Waals surface area (Å²) in [5, 5.41) is 0.245. The van der Waals surface area contributed by atoms with E-state index < -0.39 is 0 Å². The fourth-order valence-electron chi connectivity index (χ4n) is 0.277. The summed E-state index contributed by atoms with van der Waals surface area (Å²) in [5.41, 5.74) is 0.